The topological polar surface area (TPSA) is 67.6 Å². The van der Waals surface area contributed by atoms with Crippen molar-refractivity contribution in [3.8, 4) is 0 Å². The van der Waals surface area contributed by atoms with Crippen LogP contribution in [0.5, 0.6) is 0 Å². The number of sulfone groups is 1. The van der Waals surface area contributed by atoms with Crippen molar-refractivity contribution in [1.82, 2.24) is 4.90 Å². The first kappa shape index (κ1) is 17.0. The molecule has 0 spiro atoms. The lowest BCUT2D eigenvalue weighted by Gasteiger charge is -2.28. The number of hydrogen-bond donors (Lipinski definition) is 0. The van der Waals surface area contributed by atoms with E-state index in [9.17, 15) is 17.6 Å². The summed E-state index contributed by atoms with van der Waals surface area (Å²) in [5, 5.41) is -0.00898. The molecule has 0 radical (unpaired) electrons. The van der Waals surface area contributed by atoms with E-state index in [1.807, 2.05) is 0 Å². The van der Waals surface area contributed by atoms with Crippen LogP contribution in [-0.2, 0) is 16.4 Å². The van der Waals surface area contributed by atoms with Crippen molar-refractivity contribution < 1.29 is 22.0 Å². The maximum Gasteiger partial charge on any atom is 0.259 e. The molecule has 1 amide bonds. The number of carbonyl (C=O) groups excluding carboxylic acids is 1. The first-order valence-corrected chi connectivity index (χ1v) is 9.55. The third-order valence-corrected chi connectivity index (χ3v) is 6.06. The second-order valence-electron chi connectivity index (χ2n) is 5.67. The van der Waals surface area contributed by atoms with E-state index < -0.39 is 27.6 Å². The predicted molar refractivity (Wildman–Crippen MR) is 87.1 cm³/mol. The highest BCUT2D eigenvalue weighted by atomic mass is 35.5. The van der Waals surface area contributed by atoms with Gasteiger partial charge in [-0.25, -0.2) is 12.8 Å². The Kier molecular flexibility index (Phi) is 4.64. The SMILES string of the molecule is O=C(c1c(F)cccc1Cl)N(Cc1ccco1)[C@@H]1CCS(=O)(=O)C1. The molecule has 1 saturated heterocycles. The van der Waals surface area contributed by atoms with Gasteiger partial charge in [-0.1, -0.05) is 17.7 Å². The molecule has 1 fully saturated rings. The minimum Gasteiger partial charge on any atom is -0.467 e. The van der Waals surface area contributed by atoms with Crippen molar-refractivity contribution in [2.75, 3.05) is 11.5 Å². The molecule has 128 valence electrons. The molecule has 0 aliphatic carbocycles. The molecule has 8 heteroatoms. The van der Waals surface area contributed by atoms with E-state index in [1.165, 1.54) is 23.3 Å². The van der Waals surface area contributed by atoms with Crippen LogP contribution in [0.3, 0.4) is 0 Å². The molecule has 2 heterocycles. The lowest BCUT2D eigenvalue weighted by molar-refractivity contribution is 0.0661. The molecule has 0 N–H and O–H groups in total. The Bertz CT molecular complexity index is 831. The average molecular weight is 372 g/mol. The molecular weight excluding hydrogens is 357 g/mol. The maximum atomic E-state index is 14.1. The monoisotopic (exact) mass is 371 g/mol. The molecule has 1 aromatic heterocycles. The normalized spacial score (nSPS) is 19.3. The second-order valence-corrected chi connectivity index (χ2v) is 8.30. The van der Waals surface area contributed by atoms with Gasteiger partial charge in [0.2, 0.25) is 0 Å². The summed E-state index contributed by atoms with van der Waals surface area (Å²) in [5.74, 6) is -1.04. The third kappa shape index (κ3) is 3.47. The van der Waals surface area contributed by atoms with Crippen molar-refractivity contribution in [1.29, 1.82) is 0 Å². The summed E-state index contributed by atoms with van der Waals surface area (Å²) >= 11 is 5.98. The summed E-state index contributed by atoms with van der Waals surface area (Å²) in [7, 11) is -3.21. The average Bonchev–Trinajstić information content (AvgIpc) is 3.13. The number of carbonyl (C=O) groups is 1. The molecule has 0 unspecified atom stereocenters. The van der Waals surface area contributed by atoms with Gasteiger partial charge in [-0.15, -0.1) is 0 Å². The number of hydrogen-bond acceptors (Lipinski definition) is 4. The molecule has 1 aliphatic heterocycles. The first-order valence-electron chi connectivity index (χ1n) is 7.35. The fourth-order valence-electron chi connectivity index (χ4n) is 2.80. The van der Waals surface area contributed by atoms with Crippen molar-refractivity contribution in [3.63, 3.8) is 0 Å². The van der Waals surface area contributed by atoms with Gasteiger partial charge in [-0.2, -0.15) is 0 Å². The van der Waals surface area contributed by atoms with Crippen molar-refractivity contribution >= 4 is 27.3 Å². The van der Waals surface area contributed by atoms with Crippen LogP contribution >= 0.6 is 11.6 Å². The summed E-state index contributed by atoms with van der Waals surface area (Å²) < 4.78 is 42.9. The lowest BCUT2D eigenvalue weighted by atomic mass is 10.1. The van der Waals surface area contributed by atoms with Gasteiger partial charge in [0.15, 0.2) is 9.84 Å². The van der Waals surface area contributed by atoms with Gasteiger partial charge < -0.3 is 9.32 Å². The highest BCUT2D eigenvalue weighted by Gasteiger charge is 2.36. The molecule has 3 rings (SSSR count). The predicted octanol–water partition coefficient (Wildman–Crippen LogP) is 2.90. The van der Waals surface area contributed by atoms with E-state index in [1.54, 1.807) is 12.1 Å². The van der Waals surface area contributed by atoms with Crippen molar-refractivity contribution in [2.45, 2.75) is 19.0 Å². The summed E-state index contributed by atoms with van der Waals surface area (Å²) in [4.78, 5) is 14.2. The molecule has 0 bridgehead atoms. The van der Waals surface area contributed by atoms with Crippen LogP contribution in [0, 0.1) is 5.82 Å². The number of nitrogens with zero attached hydrogens (tertiary/aromatic N) is 1. The molecule has 5 nitrogen and oxygen atoms in total. The zero-order valence-corrected chi connectivity index (χ0v) is 14.2. The fourth-order valence-corrected chi connectivity index (χ4v) is 4.78. The standard InChI is InChI=1S/C16H15ClFNO4S/c17-13-4-1-5-14(18)15(13)16(20)19(9-12-3-2-7-23-12)11-6-8-24(21,22)10-11/h1-5,7,11H,6,8-10H2/t11-/m1/s1. The number of benzene rings is 1. The van der Waals surface area contributed by atoms with E-state index >= 15 is 0 Å². The largest absolute Gasteiger partial charge is 0.467 e. The van der Waals surface area contributed by atoms with Gasteiger partial charge in [-0.3, -0.25) is 4.79 Å². The van der Waals surface area contributed by atoms with Gasteiger partial charge in [0.05, 0.1) is 34.9 Å². The van der Waals surface area contributed by atoms with Gasteiger partial charge in [0.25, 0.3) is 5.91 Å². The fraction of sp³-hybridized carbons (Fsp3) is 0.312. The second kappa shape index (κ2) is 6.57. The highest BCUT2D eigenvalue weighted by molar-refractivity contribution is 7.91. The van der Waals surface area contributed by atoms with Crippen LogP contribution in [0.2, 0.25) is 5.02 Å². The van der Waals surface area contributed by atoms with Gasteiger partial charge in [-0.05, 0) is 30.7 Å². The Morgan fingerprint density at radius 3 is 2.71 bits per heavy atom. The van der Waals surface area contributed by atoms with E-state index in [2.05, 4.69) is 0 Å². The van der Waals surface area contributed by atoms with E-state index in [0.717, 1.165) is 6.07 Å². The first-order chi connectivity index (χ1) is 11.4. The van der Waals surface area contributed by atoms with Crippen LogP contribution < -0.4 is 0 Å². The quantitative estimate of drug-likeness (QED) is 0.828. The number of amides is 1. The Morgan fingerprint density at radius 1 is 1.33 bits per heavy atom. The summed E-state index contributed by atoms with van der Waals surface area (Å²) in [6, 6.07) is 6.78. The molecule has 1 atom stereocenters. The molecule has 1 aliphatic rings. The molecule has 0 saturated carbocycles. The summed E-state index contributed by atoms with van der Waals surface area (Å²) in [6.45, 7) is 0.0523. The summed E-state index contributed by atoms with van der Waals surface area (Å²) in [6.07, 6.45) is 1.76. The molecular formula is C16H15ClFNO4S. The van der Waals surface area contributed by atoms with Gasteiger partial charge in [0.1, 0.15) is 11.6 Å². The Hall–Kier alpha value is -1.86. The van der Waals surface area contributed by atoms with Gasteiger partial charge >= 0.3 is 0 Å². The van der Waals surface area contributed by atoms with Crippen LogP contribution in [0.15, 0.2) is 41.0 Å². The van der Waals surface area contributed by atoms with Crippen LogP contribution in [0.4, 0.5) is 4.39 Å². The minimum absolute atomic E-state index is 0.00457. The molecule has 1 aromatic carbocycles. The number of furan rings is 1. The van der Waals surface area contributed by atoms with Crippen molar-refractivity contribution in [2.24, 2.45) is 0 Å². The van der Waals surface area contributed by atoms with Crippen LogP contribution in [-0.4, -0.2) is 36.8 Å². The van der Waals surface area contributed by atoms with Crippen molar-refractivity contribution in [3.05, 3.63) is 58.8 Å². The highest BCUT2D eigenvalue weighted by Crippen LogP contribution is 2.26. The Labute approximate surface area is 143 Å². The minimum atomic E-state index is -3.21. The summed E-state index contributed by atoms with van der Waals surface area (Å²) in [5.41, 5.74) is -0.255. The molecule has 24 heavy (non-hydrogen) atoms. The Morgan fingerprint density at radius 2 is 2.12 bits per heavy atom. The van der Waals surface area contributed by atoms with Gasteiger partial charge in [0, 0.05) is 6.04 Å². The maximum absolute atomic E-state index is 14.1. The zero-order chi connectivity index (χ0) is 17.3. The van der Waals surface area contributed by atoms with E-state index in [-0.39, 0.29) is 28.6 Å². The number of halogens is 2. The van der Waals surface area contributed by atoms with Crippen LogP contribution in [0.1, 0.15) is 22.5 Å². The van der Waals surface area contributed by atoms with Crippen LogP contribution in [0.25, 0.3) is 0 Å². The number of rotatable bonds is 4. The molecule has 2 aromatic rings. The third-order valence-electron chi connectivity index (χ3n) is 3.99. The van der Waals surface area contributed by atoms with E-state index in [0.29, 0.717) is 12.2 Å². The smallest absolute Gasteiger partial charge is 0.259 e. The Balaban J connectivity index is 1.96. The lowest BCUT2D eigenvalue weighted by Crippen LogP contribution is -2.41. The van der Waals surface area contributed by atoms with E-state index in [4.69, 9.17) is 16.0 Å². The zero-order valence-electron chi connectivity index (χ0n) is 12.6.